The highest BCUT2D eigenvalue weighted by Crippen LogP contribution is 1.77. The minimum absolute atomic E-state index is 0.0602. The van der Waals surface area contributed by atoms with Crippen LogP contribution in [0.3, 0.4) is 0 Å². The summed E-state index contributed by atoms with van der Waals surface area (Å²) in [5.74, 6) is -0.0602. The number of ketones is 1. The summed E-state index contributed by atoms with van der Waals surface area (Å²) >= 11 is 0. The molecule has 0 saturated carbocycles. The van der Waals surface area contributed by atoms with Crippen molar-refractivity contribution >= 4 is 12.0 Å². The van der Waals surface area contributed by atoms with E-state index in [1.165, 1.54) is 12.3 Å². The number of hydrogen-bond acceptors (Lipinski definition) is 3. The molecule has 3 heteroatoms. The van der Waals surface area contributed by atoms with Gasteiger partial charge in [0.1, 0.15) is 0 Å². The van der Waals surface area contributed by atoms with Gasteiger partial charge in [0.2, 0.25) is 0 Å². The Morgan fingerprint density at radius 1 is 1.75 bits per heavy atom. The molecule has 8 heavy (non-hydrogen) atoms. The predicted octanol–water partition coefficient (Wildman–Crippen LogP) is -0.299. The Morgan fingerprint density at radius 2 is 2.62 bits per heavy atom. The molecule has 1 aliphatic heterocycles. The summed E-state index contributed by atoms with van der Waals surface area (Å²) < 4.78 is 0. The maximum Gasteiger partial charge on any atom is 0.198 e. The van der Waals surface area contributed by atoms with Gasteiger partial charge in [-0.15, -0.1) is 0 Å². The Labute approximate surface area is 47.1 Å². The van der Waals surface area contributed by atoms with Gasteiger partial charge in [-0.3, -0.25) is 4.79 Å². The molecule has 0 aromatic rings. The van der Waals surface area contributed by atoms with Gasteiger partial charge in [-0.25, -0.2) is 0 Å². The van der Waals surface area contributed by atoms with Gasteiger partial charge >= 0.3 is 0 Å². The van der Waals surface area contributed by atoms with Crippen LogP contribution in [-0.2, 0) is 4.79 Å². The first-order valence-corrected chi connectivity index (χ1v) is 2.36. The van der Waals surface area contributed by atoms with Crippen molar-refractivity contribution in [2.45, 2.75) is 0 Å². The Hall–Kier alpha value is -1.12. The lowest BCUT2D eigenvalue weighted by molar-refractivity contribution is -0.108. The highest BCUT2D eigenvalue weighted by Gasteiger charge is 1.90. The van der Waals surface area contributed by atoms with Gasteiger partial charge in [-0.2, -0.15) is 5.10 Å². The van der Waals surface area contributed by atoms with Crippen molar-refractivity contribution < 1.29 is 4.79 Å². The number of hydrogen-bond donors (Lipinski definition) is 1. The van der Waals surface area contributed by atoms with Gasteiger partial charge in [-0.1, -0.05) is 6.08 Å². The van der Waals surface area contributed by atoms with Gasteiger partial charge in [0.25, 0.3) is 0 Å². The molecule has 0 amide bonds. The van der Waals surface area contributed by atoms with Gasteiger partial charge in [0.05, 0.1) is 12.8 Å². The molecule has 1 aliphatic rings. The minimum Gasteiger partial charge on any atom is -0.306 e. The molecule has 0 aromatic carbocycles. The summed E-state index contributed by atoms with van der Waals surface area (Å²) in [4.78, 5) is 10.4. The van der Waals surface area contributed by atoms with Crippen LogP contribution in [0.1, 0.15) is 0 Å². The van der Waals surface area contributed by atoms with Crippen molar-refractivity contribution in [3.8, 4) is 0 Å². The maximum absolute atomic E-state index is 10.4. The van der Waals surface area contributed by atoms with Crippen LogP contribution in [0.4, 0.5) is 0 Å². The molecule has 0 aromatic heterocycles. The second kappa shape index (κ2) is 2.26. The number of rotatable bonds is 0. The first-order valence-electron chi connectivity index (χ1n) is 2.36. The average molecular weight is 110 g/mol. The Kier molecular flexibility index (Phi) is 1.42. The van der Waals surface area contributed by atoms with Crippen LogP contribution < -0.4 is 5.43 Å². The smallest absolute Gasteiger partial charge is 0.198 e. The number of hydrazone groups is 1. The fourth-order valence-corrected chi connectivity index (χ4v) is 0.433. The molecule has 0 unspecified atom stereocenters. The summed E-state index contributed by atoms with van der Waals surface area (Å²) in [6.45, 7) is 0.641. The van der Waals surface area contributed by atoms with Crippen LogP contribution in [0.15, 0.2) is 17.3 Å². The van der Waals surface area contributed by atoms with Crippen molar-refractivity contribution in [3.05, 3.63) is 12.2 Å². The largest absolute Gasteiger partial charge is 0.306 e. The van der Waals surface area contributed by atoms with Gasteiger partial charge in [-0.05, 0) is 6.08 Å². The molecule has 0 bridgehead atoms. The Balaban J connectivity index is 2.64. The lowest BCUT2D eigenvalue weighted by Crippen LogP contribution is -2.02. The lowest BCUT2D eigenvalue weighted by atomic mass is 10.4. The third kappa shape index (κ3) is 1.18. The molecule has 1 heterocycles. The standard InChI is InChI=1S/C5H6N2O/c8-5-2-1-3-6-7-4-5/h1-2,4,6H,3H2. The molecule has 0 saturated heterocycles. The van der Waals surface area contributed by atoms with Crippen LogP contribution >= 0.6 is 0 Å². The average Bonchev–Trinajstić information content (AvgIpc) is 1.94. The fraction of sp³-hybridized carbons (Fsp3) is 0.200. The molecule has 1 N–H and O–H groups in total. The van der Waals surface area contributed by atoms with Crippen LogP contribution in [0.2, 0.25) is 0 Å². The second-order valence-corrected chi connectivity index (χ2v) is 1.43. The van der Waals surface area contributed by atoms with Gasteiger partial charge < -0.3 is 5.43 Å². The Morgan fingerprint density at radius 3 is 3.50 bits per heavy atom. The van der Waals surface area contributed by atoms with Gasteiger partial charge in [0, 0.05) is 0 Å². The molecule has 1 rings (SSSR count). The van der Waals surface area contributed by atoms with Gasteiger partial charge in [0.15, 0.2) is 5.78 Å². The SMILES string of the molecule is O=C1C=CCNN=C1. The highest BCUT2D eigenvalue weighted by molar-refractivity contribution is 6.32. The fourth-order valence-electron chi connectivity index (χ4n) is 0.433. The van der Waals surface area contributed by atoms with E-state index in [1.807, 2.05) is 0 Å². The van der Waals surface area contributed by atoms with Crippen LogP contribution in [-0.4, -0.2) is 18.5 Å². The zero-order valence-electron chi connectivity index (χ0n) is 4.29. The summed E-state index contributed by atoms with van der Waals surface area (Å²) in [7, 11) is 0. The van der Waals surface area contributed by atoms with E-state index >= 15 is 0 Å². The third-order valence-corrected chi connectivity index (χ3v) is 0.774. The van der Waals surface area contributed by atoms with E-state index in [-0.39, 0.29) is 5.78 Å². The molecular weight excluding hydrogens is 104 g/mol. The number of allylic oxidation sites excluding steroid dienone is 1. The number of carbonyl (C=O) groups excluding carboxylic acids is 1. The number of carbonyl (C=O) groups is 1. The molecular formula is C5H6N2O. The molecule has 0 atom stereocenters. The molecule has 0 spiro atoms. The van der Waals surface area contributed by atoms with Crippen molar-refractivity contribution in [3.63, 3.8) is 0 Å². The van der Waals surface area contributed by atoms with E-state index in [9.17, 15) is 4.79 Å². The maximum atomic E-state index is 10.4. The quantitative estimate of drug-likeness (QED) is 0.465. The van der Waals surface area contributed by atoms with Crippen molar-refractivity contribution in [2.75, 3.05) is 6.54 Å². The number of nitrogens with one attached hydrogen (secondary N) is 1. The van der Waals surface area contributed by atoms with E-state index in [0.717, 1.165) is 0 Å². The molecule has 0 aliphatic carbocycles. The lowest BCUT2D eigenvalue weighted by Gasteiger charge is -1.84. The zero-order valence-corrected chi connectivity index (χ0v) is 4.29. The van der Waals surface area contributed by atoms with E-state index in [0.29, 0.717) is 6.54 Å². The van der Waals surface area contributed by atoms with Crippen LogP contribution in [0, 0.1) is 0 Å². The first-order chi connectivity index (χ1) is 3.89. The van der Waals surface area contributed by atoms with E-state index in [1.54, 1.807) is 6.08 Å². The topological polar surface area (TPSA) is 41.5 Å². The zero-order chi connectivity index (χ0) is 5.82. The van der Waals surface area contributed by atoms with E-state index in [4.69, 9.17) is 0 Å². The summed E-state index contributed by atoms with van der Waals surface area (Å²) in [6.07, 6.45) is 4.47. The normalized spacial score (nSPS) is 17.8. The molecule has 0 radical (unpaired) electrons. The monoisotopic (exact) mass is 110 g/mol. The summed E-state index contributed by atoms with van der Waals surface area (Å²) in [5.41, 5.74) is 2.64. The molecule has 0 fully saturated rings. The predicted molar refractivity (Wildman–Crippen MR) is 30.6 cm³/mol. The van der Waals surface area contributed by atoms with E-state index in [2.05, 4.69) is 10.5 Å². The Bertz CT molecular complexity index is 133. The molecule has 3 nitrogen and oxygen atoms in total. The second-order valence-electron chi connectivity index (χ2n) is 1.43. The molecule has 42 valence electrons. The van der Waals surface area contributed by atoms with Crippen LogP contribution in [0.25, 0.3) is 0 Å². The van der Waals surface area contributed by atoms with E-state index < -0.39 is 0 Å². The highest BCUT2D eigenvalue weighted by atomic mass is 16.1. The third-order valence-electron chi connectivity index (χ3n) is 0.774. The van der Waals surface area contributed by atoms with Crippen LogP contribution in [0.5, 0.6) is 0 Å². The minimum atomic E-state index is -0.0602. The van der Waals surface area contributed by atoms with Crippen molar-refractivity contribution in [2.24, 2.45) is 5.10 Å². The number of nitrogens with zero attached hydrogens (tertiary/aromatic N) is 1. The van der Waals surface area contributed by atoms with Crippen molar-refractivity contribution in [1.29, 1.82) is 0 Å². The summed E-state index contributed by atoms with van der Waals surface area (Å²) in [6, 6.07) is 0. The first kappa shape index (κ1) is 5.03. The summed E-state index contributed by atoms with van der Waals surface area (Å²) in [5, 5.41) is 3.56. The van der Waals surface area contributed by atoms with Crippen molar-refractivity contribution in [1.82, 2.24) is 5.43 Å².